The van der Waals surface area contributed by atoms with E-state index < -0.39 is 0 Å². The second-order valence-electron chi connectivity index (χ2n) is 3.30. The third kappa shape index (κ3) is 1.71. The Morgan fingerprint density at radius 2 is 2.27 bits per heavy atom. The van der Waals surface area contributed by atoms with Crippen molar-refractivity contribution in [2.45, 2.75) is 0 Å². The van der Waals surface area contributed by atoms with Gasteiger partial charge in [-0.15, -0.1) is 0 Å². The van der Waals surface area contributed by atoms with E-state index in [2.05, 4.69) is 0 Å². The van der Waals surface area contributed by atoms with E-state index in [1.54, 1.807) is 13.3 Å². The zero-order valence-electron chi connectivity index (χ0n) is 8.43. The van der Waals surface area contributed by atoms with Gasteiger partial charge in [0.1, 0.15) is 5.58 Å². The maximum atomic E-state index is 11.4. The van der Waals surface area contributed by atoms with Gasteiger partial charge in [-0.2, -0.15) is 0 Å². The predicted molar refractivity (Wildman–Crippen MR) is 58.7 cm³/mol. The molecule has 4 heteroatoms. The Labute approximate surface area is 87.3 Å². The van der Waals surface area contributed by atoms with Gasteiger partial charge in [-0.25, -0.2) is 0 Å². The molecule has 78 valence electrons. The van der Waals surface area contributed by atoms with Gasteiger partial charge in [-0.3, -0.25) is 4.79 Å². The van der Waals surface area contributed by atoms with Gasteiger partial charge in [0.05, 0.1) is 12.8 Å². The van der Waals surface area contributed by atoms with Gasteiger partial charge >= 0.3 is 0 Å². The highest BCUT2D eigenvalue weighted by Crippen LogP contribution is 2.22. The van der Waals surface area contributed by atoms with Crippen LogP contribution in [0.25, 0.3) is 11.0 Å². The monoisotopic (exact) mass is 204 g/mol. The van der Waals surface area contributed by atoms with Gasteiger partial charge in [-0.05, 0) is 24.3 Å². The number of nitrogens with zero attached hydrogens (tertiary/aromatic N) is 1. The largest absolute Gasteiger partial charge is 0.464 e. The third-order valence-corrected chi connectivity index (χ3v) is 2.37. The van der Waals surface area contributed by atoms with Crippen LogP contribution in [0.5, 0.6) is 0 Å². The number of carbonyl (C=O) groups is 1. The molecule has 4 nitrogen and oxygen atoms in total. The number of carbonyl (C=O) groups excluding carboxylic acids is 1. The molecular weight excluding hydrogens is 192 g/mol. The summed E-state index contributed by atoms with van der Waals surface area (Å²) >= 11 is 0. The van der Waals surface area contributed by atoms with Crippen LogP contribution in [-0.4, -0.2) is 19.5 Å². The molecule has 2 rings (SSSR count). The van der Waals surface area contributed by atoms with Crippen molar-refractivity contribution in [2.24, 2.45) is 5.73 Å². The molecule has 0 bridgehead atoms. The first kappa shape index (κ1) is 9.73. The average molecular weight is 204 g/mol. The molecule has 0 fully saturated rings. The zero-order valence-corrected chi connectivity index (χ0v) is 8.43. The molecule has 0 aliphatic heterocycles. The molecule has 2 N–H and O–H groups in total. The van der Waals surface area contributed by atoms with Crippen LogP contribution in [0.1, 0.15) is 0 Å². The molecule has 1 aromatic heterocycles. The first-order valence-electron chi connectivity index (χ1n) is 4.66. The predicted octanol–water partition coefficient (Wildman–Crippen LogP) is 1.35. The molecule has 0 aliphatic carbocycles. The number of amides is 1. The molecule has 0 saturated heterocycles. The Balaban J connectivity index is 2.39. The Morgan fingerprint density at radius 1 is 1.47 bits per heavy atom. The lowest BCUT2D eigenvalue weighted by atomic mass is 10.2. The number of nitrogens with two attached hydrogens (primary N) is 1. The van der Waals surface area contributed by atoms with E-state index in [0.29, 0.717) is 0 Å². The summed E-state index contributed by atoms with van der Waals surface area (Å²) < 4.78 is 5.21. The molecule has 0 radical (unpaired) electrons. The van der Waals surface area contributed by atoms with Gasteiger partial charge in [-0.1, -0.05) is 0 Å². The summed E-state index contributed by atoms with van der Waals surface area (Å²) in [6, 6.07) is 7.43. The average Bonchev–Trinajstić information content (AvgIpc) is 2.73. The Kier molecular flexibility index (Phi) is 2.43. The van der Waals surface area contributed by atoms with Gasteiger partial charge in [0, 0.05) is 18.1 Å². The summed E-state index contributed by atoms with van der Waals surface area (Å²) in [6.45, 7) is 0.0138. The van der Waals surface area contributed by atoms with Crippen LogP contribution in [-0.2, 0) is 4.79 Å². The van der Waals surface area contributed by atoms with E-state index in [1.165, 1.54) is 4.90 Å². The van der Waals surface area contributed by atoms with Crippen LogP contribution in [0, 0.1) is 0 Å². The highest BCUT2D eigenvalue weighted by atomic mass is 16.3. The van der Waals surface area contributed by atoms with Crippen LogP contribution >= 0.6 is 0 Å². The maximum absolute atomic E-state index is 11.4. The standard InChI is InChI=1S/C11H12N2O2/c1-13(11(14)7-12)9-2-3-10-8(6-9)4-5-15-10/h2-6H,7,12H2,1H3. The van der Waals surface area contributed by atoms with Crippen LogP contribution in [0.2, 0.25) is 0 Å². The minimum Gasteiger partial charge on any atom is -0.464 e. The molecule has 1 amide bonds. The molecule has 0 saturated carbocycles. The molecule has 0 spiro atoms. The Hall–Kier alpha value is -1.81. The van der Waals surface area contributed by atoms with E-state index >= 15 is 0 Å². The molecule has 15 heavy (non-hydrogen) atoms. The number of hydrogen-bond acceptors (Lipinski definition) is 3. The van der Waals surface area contributed by atoms with Crippen molar-refractivity contribution in [3.05, 3.63) is 30.5 Å². The van der Waals surface area contributed by atoms with Crippen molar-refractivity contribution >= 4 is 22.6 Å². The summed E-state index contributed by atoms with van der Waals surface area (Å²) in [5.41, 5.74) is 6.92. The molecular formula is C11H12N2O2. The minimum absolute atomic E-state index is 0.0138. The quantitative estimate of drug-likeness (QED) is 0.803. The highest BCUT2D eigenvalue weighted by Gasteiger charge is 2.09. The van der Waals surface area contributed by atoms with Crippen molar-refractivity contribution in [2.75, 3.05) is 18.5 Å². The molecule has 0 aliphatic rings. The van der Waals surface area contributed by atoms with Crippen molar-refractivity contribution in [1.29, 1.82) is 0 Å². The zero-order chi connectivity index (χ0) is 10.8. The second-order valence-corrected chi connectivity index (χ2v) is 3.30. The Bertz CT molecular complexity index is 490. The fourth-order valence-electron chi connectivity index (χ4n) is 1.44. The van der Waals surface area contributed by atoms with Crippen molar-refractivity contribution < 1.29 is 9.21 Å². The number of rotatable bonds is 2. The Morgan fingerprint density at radius 3 is 3.00 bits per heavy atom. The van der Waals surface area contributed by atoms with Gasteiger partial charge in [0.2, 0.25) is 5.91 Å². The van der Waals surface area contributed by atoms with Crippen LogP contribution in [0.3, 0.4) is 0 Å². The van der Waals surface area contributed by atoms with Crippen molar-refractivity contribution in [3.63, 3.8) is 0 Å². The van der Waals surface area contributed by atoms with E-state index in [4.69, 9.17) is 10.2 Å². The lowest BCUT2D eigenvalue weighted by Crippen LogP contribution is -2.32. The molecule has 0 unspecified atom stereocenters. The topological polar surface area (TPSA) is 59.5 Å². The summed E-state index contributed by atoms with van der Waals surface area (Å²) in [5, 5.41) is 0.976. The van der Waals surface area contributed by atoms with Gasteiger partial charge in [0.25, 0.3) is 0 Å². The van der Waals surface area contributed by atoms with Gasteiger partial charge in [0.15, 0.2) is 0 Å². The van der Waals surface area contributed by atoms with Crippen molar-refractivity contribution in [3.8, 4) is 0 Å². The first-order chi connectivity index (χ1) is 7.22. The van der Waals surface area contributed by atoms with Crippen LogP contribution in [0.15, 0.2) is 34.9 Å². The minimum atomic E-state index is -0.113. The number of fused-ring (bicyclic) bond motifs is 1. The van der Waals surface area contributed by atoms with Crippen LogP contribution in [0.4, 0.5) is 5.69 Å². The number of anilines is 1. The van der Waals surface area contributed by atoms with Crippen molar-refractivity contribution in [1.82, 2.24) is 0 Å². The molecule has 0 atom stereocenters. The summed E-state index contributed by atoms with van der Waals surface area (Å²) in [5.74, 6) is -0.113. The van der Waals surface area contributed by atoms with E-state index in [1.807, 2.05) is 24.3 Å². The lowest BCUT2D eigenvalue weighted by Gasteiger charge is -2.15. The van der Waals surface area contributed by atoms with E-state index in [-0.39, 0.29) is 12.5 Å². The number of hydrogen-bond donors (Lipinski definition) is 1. The third-order valence-electron chi connectivity index (χ3n) is 2.37. The number of likely N-dealkylation sites (N-methyl/N-ethyl adjacent to an activating group) is 1. The van der Waals surface area contributed by atoms with E-state index in [9.17, 15) is 4.79 Å². The summed E-state index contributed by atoms with van der Waals surface area (Å²) in [7, 11) is 1.70. The second kappa shape index (κ2) is 3.74. The smallest absolute Gasteiger partial charge is 0.240 e. The fourth-order valence-corrected chi connectivity index (χ4v) is 1.44. The molecule has 1 heterocycles. The SMILES string of the molecule is CN(C(=O)CN)c1ccc2occc2c1. The summed E-state index contributed by atoms with van der Waals surface area (Å²) in [6.07, 6.45) is 1.62. The fraction of sp³-hybridized carbons (Fsp3) is 0.182. The maximum Gasteiger partial charge on any atom is 0.240 e. The lowest BCUT2D eigenvalue weighted by molar-refractivity contribution is -0.117. The number of furan rings is 1. The van der Waals surface area contributed by atoms with Crippen LogP contribution < -0.4 is 10.6 Å². The summed E-state index contributed by atoms with van der Waals surface area (Å²) in [4.78, 5) is 12.9. The number of benzene rings is 1. The highest BCUT2D eigenvalue weighted by molar-refractivity contribution is 5.96. The molecule has 2 aromatic rings. The first-order valence-corrected chi connectivity index (χ1v) is 4.66. The van der Waals surface area contributed by atoms with Gasteiger partial charge < -0.3 is 15.1 Å². The van der Waals surface area contributed by atoms with E-state index in [0.717, 1.165) is 16.7 Å². The normalized spacial score (nSPS) is 10.5. The molecule has 1 aromatic carbocycles.